The second kappa shape index (κ2) is 5.74. The molecule has 0 aromatic heterocycles. The van der Waals surface area contributed by atoms with Crippen molar-refractivity contribution in [1.29, 1.82) is 0 Å². The summed E-state index contributed by atoms with van der Waals surface area (Å²) < 4.78 is 0. The van der Waals surface area contributed by atoms with Crippen LogP contribution in [0.1, 0.15) is 39.5 Å². The van der Waals surface area contributed by atoms with Gasteiger partial charge in [-0.15, -0.1) is 0 Å². The fraction of sp³-hybridized carbons (Fsp3) is 0.909. The molecule has 1 amide bonds. The molecule has 0 aliphatic heterocycles. The van der Waals surface area contributed by atoms with Crippen molar-refractivity contribution in [3.8, 4) is 0 Å². The summed E-state index contributed by atoms with van der Waals surface area (Å²) in [5.41, 5.74) is 0. The molecule has 3 heteroatoms. The van der Waals surface area contributed by atoms with E-state index in [9.17, 15) is 4.79 Å². The predicted octanol–water partition coefficient (Wildman–Crippen LogP) is 2.71. The molecule has 1 aliphatic rings. The number of nitrogens with one attached hydrogen (secondary N) is 1. The summed E-state index contributed by atoms with van der Waals surface area (Å²) in [4.78, 5) is 12.0. The van der Waals surface area contributed by atoms with Gasteiger partial charge in [-0.2, -0.15) is 0 Å². The SMILES string of the molecule is CCCC(Br)CNC(=O)C(C)C1CC1. The number of halogens is 1. The Morgan fingerprint density at radius 2 is 2.21 bits per heavy atom. The summed E-state index contributed by atoms with van der Waals surface area (Å²) in [5, 5.41) is 3.00. The van der Waals surface area contributed by atoms with Crippen LogP contribution < -0.4 is 5.32 Å². The lowest BCUT2D eigenvalue weighted by Gasteiger charge is -2.13. The molecule has 2 atom stereocenters. The Hall–Kier alpha value is -0.0500. The van der Waals surface area contributed by atoms with E-state index in [1.807, 2.05) is 6.92 Å². The van der Waals surface area contributed by atoms with Gasteiger partial charge in [-0.25, -0.2) is 0 Å². The maximum absolute atomic E-state index is 11.6. The van der Waals surface area contributed by atoms with Gasteiger partial charge >= 0.3 is 0 Å². The maximum atomic E-state index is 11.6. The molecule has 0 heterocycles. The van der Waals surface area contributed by atoms with Crippen LogP contribution in [0.25, 0.3) is 0 Å². The molecule has 1 aliphatic carbocycles. The molecular formula is C11H20BrNO. The van der Waals surface area contributed by atoms with Gasteiger partial charge in [0, 0.05) is 17.3 Å². The van der Waals surface area contributed by atoms with Crippen LogP contribution in [0.15, 0.2) is 0 Å². The van der Waals surface area contributed by atoms with Gasteiger partial charge < -0.3 is 5.32 Å². The predicted molar refractivity (Wildman–Crippen MR) is 62.5 cm³/mol. The Morgan fingerprint density at radius 3 is 2.71 bits per heavy atom. The number of alkyl halides is 1. The number of rotatable bonds is 6. The van der Waals surface area contributed by atoms with Crippen molar-refractivity contribution < 1.29 is 4.79 Å². The van der Waals surface area contributed by atoms with Gasteiger partial charge in [-0.05, 0) is 25.2 Å². The molecule has 0 saturated heterocycles. The molecule has 0 bridgehead atoms. The molecule has 0 radical (unpaired) electrons. The molecule has 0 aromatic carbocycles. The lowest BCUT2D eigenvalue weighted by atomic mass is 10.1. The zero-order valence-electron chi connectivity index (χ0n) is 9.05. The number of hydrogen-bond donors (Lipinski definition) is 1. The van der Waals surface area contributed by atoms with Crippen LogP contribution in [0.4, 0.5) is 0 Å². The number of carbonyl (C=O) groups is 1. The largest absolute Gasteiger partial charge is 0.355 e. The fourth-order valence-corrected chi connectivity index (χ4v) is 2.22. The summed E-state index contributed by atoms with van der Waals surface area (Å²) in [6.07, 6.45) is 4.75. The fourth-order valence-electron chi connectivity index (χ4n) is 1.60. The highest BCUT2D eigenvalue weighted by Crippen LogP contribution is 2.36. The van der Waals surface area contributed by atoms with Crippen molar-refractivity contribution in [2.75, 3.05) is 6.54 Å². The second-order valence-electron chi connectivity index (χ2n) is 4.26. The smallest absolute Gasteiger partial charge is 0.223 e. The first-order valence-corrected chi connectivity index (χ1v) is 6.48. The summed E-state index contributed by atoms with van der Waals surface area (Å²) in [6, 6.07) is 0. The third-order valence-corrected chi connectivity index (χ3v) is 3.62. The molecule has 14 heavy (non-hydrogen) atoms. The van der Waals surface area contributed by atoms with Gasteiger partial charge in [0.05, 0.1) is 0 Å². The third kappa shape index (κ3) is 3.99. The average Bonchev–Trinajstić information content (AvgIpc) is 2.96. The van der Waals surface area contributed by atoms with E-state index in [0.717, 1.165) is 19.4 Å². The molecule has 1 fully saturated rings. The summed E-state index contributed by atoms with van der Waals surface area (Å²) in [5.74, 6) is 1.11. The zero-order valence-corrected chi connectivity index (χ0v) is 10.6. The molecular weight excluding hydrogens is 242 g/mol. The first-order chi connectivity index (χ1) is 6.65. The van der Waals surface area contributed by atoms with E-state index in [4.69, 9.17) is 0 Å². The van der Waals surface area contributed by atoms with Crippen molar-refractivity contribution in [2.45, 2.75) is 44.4 Å². The van der Waals surface area contributed by atoms with E-state index < -0.39 is 0 Å². The standard InChI is InChI=1S/C11H20BrNO/c1-3-4-10(12)7-13-11(14)8(2)9-5-6-9/h8-10H,3-7H2,1-2H3,(H,13,14). The second-order valence-corrected chi connectivity index (χ2v) is 5.55. The minimum absolute atomic E-state index is 0.219. The quantitative estimate of drug-likeness (QED) is 0.733. The minimum atomic E-state index is 0.219. The van der Waals surface area contributed by atoms with E-state index in [2.05, 4.69) is 28.2 Å². The van der Waals surface area contributed by atoms with E-state index in [-0.39, 0.29) is 11.8 Å². The van der Waals surface area contributed by atoms with E-state index in [0.29, 0.717) is 10.7 Å². The molecule has 1 saturated carbocycles. The molecule has 1 rings (SSSR count). The maximum Gasteiger partial charge on any atom is 0.223 e. The Morgan fingerprint density at radius 1 is 1.57 bits per heavy atom. The first-order valence-electron chi connectivity index (χ1n) is 5.57. The van der Waals surface area contributed by atoms with Gasteiger partial charge in [0.25, 0.3) is 0 Å². The van der Waals surface area contributed by atoms with Gasteiger partial charge in [-0.1, -0.05) is 36.2 Å². The third-order valence-electron chi connectivity index (χ3n) is 2.84. The van der Waals surface area contributed by atoms with E-state index in [1.165, 1.54) is 12.8 Å². The highest BCUT2D eigenvalue weighted by molar-refractivity contribution is 9.09. The summed E-state index contributed by atoms with van der Waals surface area (Å²) in [6.45, 7) is 4.96. The normalized spacial score (nSPS) is 20.2. The van der Waals surface area contributed by atoms with Crippen LogP contribution in [0.2, 0.25) is 0 Å². The van der Waals surface area contributed by atoms with Crippen molar-refractivity contribution in [3.05, 3.63) is 0 Å². The lowest BCUT2D eigenvalue weighted by molar-refractivity contribution is -0.125. The average molecular weight is 262 g/mol. The molecule has 1 N–H and O–H groups in total. The van der Waals surface area contributed by atoms with Crippen LogP contribution >= 0.6 is 15.9 Å². The van der Waals surface area contributed by atoms with Gasteiger partial charge in [0.15, 0.2) is 0 Å². The number of hydrogen-bond acceptors (Lipinski definition) is 1. The summed E-state index contributed by atoms with van der Waals surface area (Å²) >= 11 is 3.55. The van der Waals surface area contributed by atoms with Crippen LogP contribution in [-0.2, 0) is 4.79 Å². The molecule has 2 nitrogen and oxygen atoms in total. The van der Waals surface area contributed by atoms with Crippen molar-refractivity contribution in [2.24, 2.45) is 11.8 Å². The van der Waals surface area contributed by atoms with Gasteiger partial charge in [0.2, 0.25) is 5.91 Å². The number of amides is 1. The van der Waals surface area contributed by atoms with E-state index >= 15 is 0 Å². The monoisotopic (exact) mass is 261 g/mol. The van der Waals surface area contributed by atoms with Crippen LogP contribution in [0, 0.1) is 11.8 Å². The van der Waals surface area contributed by atoms with Gasteiger partial charge in [-0.3, -0.25) is 4.79 Å². The first kappa shape index (κ1) is 12.0. The zero-order chi connectivity index (χ0) is 10.6. The van der Waals surface area contributed by atoms with Crippen molar-refractivity contribution in [1.82, 2.24) is 5.32 Å². The summed E-state index contributed by atoms with van der Waals surface area (Å²) in [7, 11) is 0. The van der Waals surface area contributed by atoms with Crippen LogP contribution in [-0.4, -0.2) is 17.3 Å². The topological polar surface area (TPSA) is 29.1 Å². The Bertz CT molecular complexity index is 192. The van der Waals surface area contributed by atoms with Gasteiger partial charge in [0.1, 0.15) is 0 Å². The Kier molecular flexibility index (Phi) is 4.93. The minimum Gasteiger partial charge on any atom is -0.355 e. The number of carbonyl (C=O) groups excluding carboxylic acids is 1. The van der Waals surface area contributed by atoms with E-state index in [1.54, 1.807) is 0 Å². The lowest BCUT2D eigenvalue weighted by Crippen LogP contribution is -2.34. The van der Waals surface area contributed by atoms with Crippen molar-refractivity contribution in [3.63, 3.8) is 0 Å². The molecule has 2 unspecified atom stereocenters. The van der Waals surface area contributed by atoms with Crippen LogP contribution in [0.3, 0.4) is 0 Å². The Labute approximate surface area is 95.0 Å². The highest BCUT2D eigenvalue weighted by atomic mass is 79.9. The molecule has 0 spiro atoms. The molecule has 0 aromatic rings. The highest BCUT2D eigenvalue weighted by Gasteiger charge is 2.32. The Balaban J connectivity index is 2.13. The van der Waals surface area contributed by atoms with Crippen LogP contribution in [0.5, 0.6) is 0 Å². The molecule has 82 valence electrons. The van der Waals surface area contributed by atoms with Crippen molar-refractivity contribution >= 4 is 21.8 Å².